The van der Waals surface area contributed by atoms with Crippen molar-refractivity contribution in [3.63, 3.8) is 0 Å². The third kappa shape index (κ3) is 3.01. The Kier molecular flexibility index (Phi) is 4.43. The zero-order valence-corrected chi connectivity index (χ0v) is 11.3. The van der Waals surface area contributed by atoms with E-state index in [-0.39, 0.29) is 0 Å². The molecule has 2 heterocycles. The molecule has 2 saturated heterocycles. The minimum atomic E-state index is 0.388. The first-order valence-electron chi connectivity index (χ1n) is 7.20. The second-order valence-electron chi connectivity index (χ2n) is 5.68. The third-order valence-corrected chi connectivity index (χ3v) is 4.44. The molecule has 0 aromatic carbocycles. The molecule has 2 aliphatic heterocycles. The van der Waals surface area contributed by atoms with Gasteiger partial charge in [-0.05, 0) is 45.2 Å². The lowest BCUT2D eigenvalue weighted by Gasteiger charge is -2.46. The third-order valence-electron chi connectivity index (χ3n) is 4.44. The summed E-state index contributed by atoms with van der Waals surface area (Å²) in [6, 6.07) is 0.735. The first kappa shape index (κ1) is 12.9. The van der Waals surface area contributed by atoms with Crippen molar-refractivity contribution >= 4 is 5.91 Å². The van der Waals surface area contributed by atoms with Crippen molar-refractivity contribution in [2.75, 3.05) is 26.7 Å². The Morgan fingerprint density at radius 1 is 1.29 bits per heavy atom. The SMILES string of the molecule is CCCCC(=O)N1CC[C@@H]2[C@@H](CCCN2C)C1. The Morgan fingerprint density at radius 2 is 2.12 bits per heavy atom. The van der Waals surface area contributed by atoms with E-state index in [0.29, 0.717) is 5.91 Å². The highest BCUT2D eigenvalue weighted by Gasteiger charge is 2.35. The number of carbonyl (C=O) groups is 1. The van der Waals surface area contributed by atoms with E-state index in [9.17, 15) is 4.79 Å². The minimum Gasteiger partial charge on any atom is -0.342 e. The van der Waals surface area contributed by atoms with Gasteiger partial charge in [-0.25, -0.2) is 0 Å². The van der Waals surface area contributed by atoms with Crippen LogP contribution in [0.5, 0.6) is 0 Å². The lowest BCUT2D eigenvalue weighted by atomic mass is 9.84. The van der Waals surface area contributed by atoms with Crippen molar-refractivity contribution in [2.45, 2.75) is 51.5 Å². The molecule has 98 valence electrons. The van der Waals surface area contributed by atoms with Crippen LogP contribution in [0.3, 0.4) is 0 Å². The number of hydrogen-bond donors (Lipinski definition) is 0. The van der Waals surface area contributed by atoms with E-state index < -0.39 is 0 Å². The predicted molar refractivity (Wildman–Crippen MR) is 69.9 cm³/mol. The molecule has 0 aliphatic carbocycles. The largest absolute Gasteiger partial charge is 0.342 e. The zero-order valence-electron chi connectivity index (χ0n) is 11.3. The Labute approximate surface area is 105 Å². The number of unbranched alkanes of at least 4 members (excludes halogenated alkanes) is 1. The summed E-state index contributed by atoms with van der Waals surface area (Å²) in [5.74, 6) is 1.12. The Hall–Kier alpha value is -0.570. The standard InChI is InChI=1S/C14H26N2O/c1-3-4-7-14(17)16-10-8-13-12(11-16)6-5-9-15(13)2/h12-13H,3-11H2,1-2H3/t12-,13+/m0/s1. The van der Waals surface area contributed by atoms with E-state index in [1.807, 2.05) is 0 Å². The molecule has 0 unspecified atom stereocenters. The van der Waals surface area contributed by atoms with Gasteiger partial charge in [-0.3, -0.25) is 4.79 Å². The van der Waals surface area contributed by atoms with Crippen molar-refractivity contribution in [3.8, 4) is 0 Å². The quantitative estimate of drug-likeness (QED) is 0.752. The minimum absolute atomic E-state index is 0.388. The maximum atomic E-state index is 12.0. The summed E-state index contributed by atoms with van der Waals surface area (Å²) >= 11 is 0. The smallest absolute Gasteiger partial charge is 0.222 e. The van der Waals surface area contributed by atoms with Crippen LogP contribution >= 0.6 is 0 Å². The molecule has 2 aliphatic rings. The number of amides is 1. The molecule has 3 heteroatoms. The number of fused-ring (bicyclic) bond motifs is 1. The van der Waals surface area contributed by atoms with Crippen LogP contribution < -0.4 is 0 Å². The molecule has 0 spiro atoms. The van der Waals surface area contributed by atoms with Crippen LogP contribution in [0.2, 0.25) is 0 Å². The molecule has 1 amide bonds. The highest BCUT2D eigenvalue weighted by atomic mass is 16.2. The van der Waals surface area contributed by atoms with Gasteiger partial charge in [0, 0.05) is 25.6 Å². The van der Waals surface area contributed by atoms with Crippen molar-refractivity contribution in [1.82, 2.24) is 9.80 Å². The topological polar surface area (TPSA) is 23.6 Å². The predicted octanol–water partition coefficient (Wildman–Crippen LogP) is 2.12. The van der Waals surface area contributed by atoms with Gasteiger partial charge in [0.15, 0.2) is 0 Å². The average Bonchev–Trinajstić information content (AvgIpc) is 2.36. The fourth-order valence-electron chi connectivity index (χ4n) is 3.37. The Bertz CT molecular complexity index is 267. The van der Waals surface area contributed by atoms with Crippen molar-refractivity contribution in [1.29, 1.82) is 0 Å². The number of hydrogen-bond acceptors (Lipinski definition) is 2. The van der Waals surface area contributed by atoms with E-state index in [2.05, 4.69) is 23.8 Å². The van der Waals surface area contributed by atoms with Crippen LogP contribution in [0.25, 0.3) is 0 Å². The summed E-state index contributed by atoms with van der Waals surface area (Å²) in [7, 11) is 2.24. The molecule has 2 fully saturated rings. The molecule has 17 heavy (non-hydrogen) atoms. The molecule has 3 nitrogen and oxygen atoms in total. The van der Waals surface area contributed by atoms with E-state index in [1.54, 1.807) is 0 Å². The molecule has 0 aromatic heterocycles. The molecule has 0 bridgehead atoms. The summed E-state index contributed by atoms with van der Waals surface area (Å²) in [4.78, 5) is 16.6. The van der Waals surface area contributed by atoms with Gasteiger partial charge in [0.1, 0.15) is 0 Å². The summed E-state index contributed by atoms with van der Waals surface area (Å²) in [6.07, 6.45) is 6.71. The summed E-state index contributed by atoms with van der Waals surface area (Å²) in [5.41, 5.74) is 0. The van der Waals surface area contributed by atoms with Crippen molar-refractivity contribution in [2.24, 2.45) is 5.92 Å². The number of piperidine rings is 2. The average molecular weight is 238 g/mol. The van der Waals surface area contributed by atoms with E-state index >= 15 is 0 Å². The molecular weight excluding hydrogens is 212 g/mol. The van der Waals surface area contributed by atoms with Crippen LogP contribution in [0.15, 0.2) is 0 Å². The lowest BCUT2D eigenvalue weighted by molar-refractivity contribution is -0.134. The molecule has 2 atom stereocenters. The number of nitrogens with zero attached hydrogens (tertiary/aromatic N) is 2. The van der Waals surface area contributed by atoms with Gasteiger partial charge in [-0.15, -0.1) is 0 Å². The molecule has 2 rings (SSSR count). The molecule has 0 radical (unpaired) electrons. The molecule has 0 N–H and O–H groups in total. The van der Waals surface area contributed by atoms with Crippen LogP contribution in [0.1, 0.15) is 45.4 Å². The van der Waals surface area contributed by atoms with Gasteiger partial charge in [0.2, 0.25) is 5.91 Å². The van der Waals surface area contributed by atoms with Crippen molar-refractivity contribution < 1.29 is 4.79 Å². The van der Waals surface area contributed by atoms with Crippen LogP contribution in [0.4, 0.5) is 0 Å². The normalized spacial score (nSPS) is 30.1. The second-order valence-corrected chi connectivity index (χ2v) is 5.68. The van der Waals surface area contributed by atoms with Gasteiger partial charge in [0.05, 0.1) is 0 Å². The highest BCUT2D eigenvalue weighted by Crippen LogP contribution is 2.29. The number of carbonyl (C=O) groups excluding carboxylic acids is 1. The van der Waals surface area contributed by atoms with Gasteiger partial charge in [0.25, 0.3) is 0 Å². The maximum absolute atomic E-state index is 12.0. The van der Waals surface area contributed by atoms with Crippen LogP contribution in [-0.2, 0) is 4.79 Å². The second kappa shape index (κ2) is 5.85. The summed E-state index contributed by atoms with van der Waals surface area (Å²) in [6.45, 7) is 5.38. The maximum Gasteiger partial charge on any atom is 0.222 e. The molecular formula is C14H26N2O. The number of likely N-dealkylation sites (tertiary alicyclic amines) is 2. The number of rotatable bonds is 3. The van der Waals surface area contributed by atoms with E-state index in [4.69, 9.17) is 0 Å². The van der Waals surface area contributed by atoms with Crippen LogP contribution in [0, 0.1) is 5.92 Å². The highest BCUT2D eigenvalue weighted by molar-refractivity contribution is 5.76. The van der Waals surface area contributed by atoms with E-state index in [0.717, 1.165) is 44.3 Å². The van der Waals surface area contributed by atoms with Crippen LogP contribution in [-0.4, -0.2) is 48.4 Å². The molecule has 0 saturated carbocycles. The molecule has 0 aromatic rings. The first-order chi connectivity index (χ1) is 8.22. The Morgan fingerprint density at radius 3 is 2.88 bits per heavy atom. The lowest BCUT2D eigenvalue weighted by Crippen LogP contribution is -2.53. The van der Waals surface area contributed by atoms with Gasteiger partial charge < -0.3 is 9.80 Å². The fourth-order valence-corrected chi connectivity index (χ4v) is 3.37. The fraction of sp³-hybridized carbons (Fsp3) is 0.929. The summed E-state index contributed by atoms with van der Waals surface area (Å²) in [5, 5.41) is 0. The van der Waals surface area contributed by atoms with Gasteiger partial charge in [-0.1, -0.05) is 13.3 Å². The van der Waals surface area contributed by atoms with Crippen molar-refractivity contribution in [3.05, 3.63) is 0 Å². The summed E-state index contributed by atoms with van der Waals surface area (Å²) < 4.78 is 0. The zero-order chi connectivity index (χ0) is 12.3. The monoisotopic (exact) mass is 238 g/mol. The van der Waals surface area contributed by atoms with E-state index in [1.165, 1.54) is 25.8 Å². The Balaban J connectivity index is 1.86. The van der Waals surface area contributed by atoms with Gasteiger partial charge >= 0.3 is 0 Å². The first-order valence-corrected chi connectivity index (χ1v) is 7.20. The van der Waals surface area contributed by atoms with Gasteiger partial charge in [-0.2, -0.15) is 0 Å².